The number of nitrogens with one attached hydrogen (secondary N) is 1. The maximum atomic E-state index is 13.9. The maximum absolute atomic E-state index is 13.9. The number of methoxy groups -OCH3 is 1. The van der Waals surface area contributed by atoms with Crippen LogP contribution in [0.1, 0.15) is 25.0 Å². The molecule has 0 amide bonds. The second kappa shape index (κ2) is 7.21. The molecule has 0 aliphatic heterocycles. The highest BCUT2D eigenvalue weighted by Crippen LogP contribution is 2.14. The third-order valence-corrected chi connectivity index (χ3v) is 3.17. The number of hydrogen-bond donors (Lipinski definition) is 2. The van der Waals surface area contributed by atoms with E-state index in [4.69, 9.17) is 15.9 Å². The van der Waals surface area contributed by atoms with Crippen LogP contribution in [0.15, 0.2) is 18.2 Å². The average Bonchev–Trinajstić information content (AvgIpc) is 2.37. The summed E-state index contributed by atoms with van der Waals surface area (Å²) in [6, 6.07) is 4.90. The van der Waals surface area contributed by atoms with Gasteiger partial charge in [-0.05, 0) is 19.5 Å². The van der Waals surface area contributed by atoms with Crippen LogP contribution in [0.5, 0.6) is 0 Å². The van der Waals surface area contributed by atoms with Gasteiger partial charge in [0.2, 0.25) is 0 Å². The van der Waals surface area contributed by atoms with Crippen LogP contribution in [0.25, 0.3) is 0 Å². The number of nitrogens with two attached hydrogens (primary N) is 1. The quantitative estimate of drug-likeness (QED) is 0.586. The fourth-order valence-electron chi connectivity index (χ4n) is 1.99. The third-order valence-electron chi connectivity index (χ3n) is 3.17. The minimum Gasteiger partial charge on any atom is -0.384 e. The van der Waals surface area contributed by atoms with Crippen LogP contribution in [0.2, 0.25) is 0 Å². The van der Waals surface area contributed by atoms with Crippen LogP contribution in [0.3, 0.4) is 0 Å². The van der Waals surface area contributed by atoms with Gasteiger partial charge in [-0.25, -0.2) is 4.39 Å². The number of nitrogen functional groups attached to an aromatic ring is 1. The summed E-state index contributed by atoms with van der Waals surface area (Å²) in [5, 5.41) is 7.29. The van der Waals surface area contributed by atoms with E-state index in [2.05, 4.69) is 11.8 Å². The smallest absolute Gasteiger partial charge is 0.128 e. The van der Waals surface area contributed by atoms with Gasteiger partial charge in [-0.2, -0.15) is 0 Å². The molecule has 5 heteroatoms. The van der Waals surface area contributed by atoms with Crippen molar-refractivity contribution >= 4 is 5.84 Å². The first kappa shape index (κ1) is 15.6. The summed E-state index contributed by atoms with van der Waals surface area (Å²) in [4.78, 5) is 2.13. The first-order valence-corrected chi connectivity index (χ1v) is 6.35. The number of amidine groups is 1. The van der Waals surface area contributed by atoms with Crippen LogP contribution < -0.4 is 5.73 Å². The van der Waals surface area contributed by atoms with E-state index in [-0.39, 0.29) is 17.7 Å². The van der Waals surface area contributed by atoms with Crippen molar-refractivity contribution in [1.82, 2.24) is 4.90 Å². The molecule has 0 saturated heterocycles. The van der Waals surface area contributed by atoms with Gasteiger partial charge >= 0.3 is 0 Å². The van der Waals surface area contributed by atoms with Gasteiger partial charge < -0.3 is 10.5 Å². The predicted molar refractivity (Wildman–Crippen MR) is 74.8 cm³/mol. The zero-order chi connectivity index (χ0) is 14.4. The monoisotopic (exact) mass is 267 g/mol. The Hall–Kier alpha value is -1.46. The van der Waals surface area contributed by atoms with Crippen molar-refractivity contribution < 1.29 is 9.13 Å². The van der Waals surface area contributed by atoms with Gasteiger partial charge in [-0.3, -0.25) is 10.3 Å². The molecule has 0 bridgehead atoms. The summed E-state index contributed by atoms with van der Waals surface area (Å²) in [7, 11) is 1.66. The molecule has 0 fully saturated rings. The van der Waals surface area contributed by atoms with Crippen LogP contribution in [-0.2, 0) is 11.3 Å². The highest BCUT2D eigenvalue weighted by molar-refractivity contribution is 5.94. The van der Waals surface area contributed by atoms with Crippen LogP contribution in [-0.4, -0.2) is 37.0 Å². The second-order valence-electron chi connectivity index (χ2n) is 4.59. The number of ether oxygens (including phenoxy) is 1. The Bertz CT molecular complexity index is 437. The fourth-order valence-corrected chi connectivity index (χ4v) is 1.99. The van der Waals surface area contributed by atoms with E-state index >= 15 is 0 Å². The Morgan fingerprint density at radius 2 is 2.21 bits per heavy atom. The molecule has 3 N–H and O–H groups in total. The molecule has 0 saturated carbocycles. The number of hydrogen-bond acceptors (Lipinski definition) is 3. The first-order chi connectivity index (χ1) is 8.99. The lowest BCUT2D eigenvalue weighted by atomic mass is 10.1. The number of halogens is 1. The average molecular weight is 267 g/mol. The van der Waals surface area contributed by atoms with Crippen LogP contribution in [0, 0.1) is 11.2 Å². The summed E-state index contributed by atoms with van der Waals surface area (Å²) in [6.07, 6.45) is 0. The number of benzene rings is 1. The van der Waals surface area contributed by atoms with Crippen molar-refractivity contribution in [3.05, 3.63) is 35.1 Å². The van der Waals surface area contributed by atoms with Crippen LogP contribution in [0.4, 0.5) is 4.39 Å². The number of likely N-dealkylation sites (N-methyl/N-ethyl adjacent to an activating group) is 1. The van der Waals surface area contributed by atoms with Gasteiger partial charge in [0.15, 0.2) is 0 Å². The molecule has 1 aromatic rings. The SMILES string of the molecule is CCN(Cc1ccc(C(=N)N)cc1F)C(C)COC. The maximum Gasteiger partial charge on any atom is 0.128 e. The highest BCUT2D eigenvalue weighted by Gasteiger charge is 2.14. The van der Waals surface area contributed by atoms with E-state index < -0.39 is 0 Å². The van der Waals surface area contributed by atoms with Crippen molar-refractivity contribution in [2.75, 3.05) is 20.3 Å². The highest BCUT2D eigenvalue weighted by atomic mass is 19.1. The molecule has 0 heterocycles. The van der Waals surface area contributed by atoms with Crippen molar-refractivity contribution in [1.29, 1.82) is 5.41 Å². The van der Waals surface area contributed by atoms with E-state index in [9.17, 15) is 4.39 Å². The van der Waals surface area contributed by atoms with Crippen LogP contribution >= 0.6 is 0 Å². The molecule has 1 rings (SSSR count). The van der Waals surface area contributed by atoms with E-state index in [0.29, 0.717) is 24.3 Å². The number of rotatable bonds is 7. The molecule has 0 aromatic heterocycles. The standard InChI is InChI=1S/C14H22FN3O/c1-4-18(10(2)9-19-3)8-12-6-5-11(14(16)17)7-13(12)15/h5-7,10H,4,8-9H2,1-3H3,(H3,16,17). The van der Waals surface area contributed by atoms with Crippen molar-refractivity contribution in [3.8, 4) is 0 Å². The number of nitrogens with zero attached hydrogens (tertiary/aromatic N) is 1. The zero-order valence-electron chi connectivity index (χ0n) is 11.7. The molecule has 19 heavy (non-hydrogen) atoms. The predicted octanol–water partition coefficient (Wildman–Crippen LogP) is 1.97. The van der Waals surface area contributed by atoms with Crippen molar-refractivity contribution in [2.45, 2.75) is 26.4 Å². The molecule has 0 aliphatic carbocycles. The lowest BCUT2D eigenvalue weighted by Crippen LogP contribution is -2.35. The summed E-state index contributed by atoms with van der Waals surface area (Å²) < 4.78 is 19.1. The third kappa shape index (κ3) is 4.29. The molecule has 0 spiro atoms. The Kier molecular flexibility index (Phi) is 5.92. The minimum absolute atomic E-state index is 0.120. The Morgan fingerprint density at radius 3 is 2.68 bits per heavy atom. The van der Waals surface area contributed by atoms with Gasteiger partial charge in [0.1, 0.15) is 11.7 Å². The van der Waals surface area contributed by atoms with Crippen molar-refractivity contribution in [3.63, 3.8) is 0 Å². The Labute approximate surface area is 113 Å². The molecule has 106 valence electrons. The largest absolute Gasteiger partial charge is 0.384 e. The lowest BCUT2D eigenvalue weighted by molar-refractivity contribution is 0.0975. The van der Waals surface area contributed by atoms with E-state index in [1.807, 2.05) is 6.92 Å². The molecule has 0 radical (unpaired) electrons. The van der Waals surface area contributed by atoms with E-state index in [1.165, 1.54) is 6.07 Å². The van der Waals surface area contributed by atoms with Gasteiger partial charge in [0.25, 0.3) is 0 Å². The second-order valence-corrected chi connectivity index (χ2v) is 4.59. The van der Waals surface area contributed by atoms with E-state index in [0.717, 1.165) is 6.54 Å². The normalized spacial score (nSPS) is 12.7. The summed E-state index contributed by atoms with van der Waals surface area (Å²) >= 11 is 0. The lowest BCUT2D eigenvalue weighted by Gasteiger charge is -2.27. The van der Waals surface area contributed by atoms with Crippen molar-refractivity contribution in [2.24, 2.45) is 5.73 Å². The first-order valence-electron chi connectivity index (χ1n) is 6.35. The summed E-state index contributed by atoms with van der Waals surface area (Å²) in [6.45, 7) is 6.04. The van der Waals surface area contributed by atoms with Gasteiger partial charge in [-0.15, -0.1) is 0 Å². The molecule has 1 unspecified atom stereocenters. The summed E-state index contributed by atoms with van der Waals surface area (Å²) in [5.41, 5.74) is 6.36. The molecule has 4 nitrogen and oxygen atoms in total. The molecular formula is C14H22FN3O. The van der Waals surface area contributed by atoms with E-state index in [1.54, 1.807) is 19.2 Å². The molecule has 0 aliphatic rings. The topological polar surface area (TPSA) is 62.3 Å². The summed E-state index contributed by atoms with van der Waals surface area (Å²) in [5.74, 6) is -0.443. The minimum atomic E-state index is -0.323. The van der Waals surface area contributed by atoms with Gasteiger partial charge in [-0.1, -0.05) is 19.1 Å². The zero-order valence-corrected chi connectivity index (χ0v) is 11.7. The Morgan fingerprint density at radius 1 is 1.53 bits per heavy atom. The molecular weight excluding hydrogens is 245 g/mol. The van der Waals surface area contributed by atoms with Gasteiger partial charge in [0.05, 0.1) is 6.61 Å². The Balaban J connectivity index is 2.83. The molecule has 1 atom stereocenters. The molecule has 1 aromatic carbocycles. The fraction of sp³-hybridized carbons (Fsp3) is 0.500. The van der Waals surface area contributed by atoms with Gasteiger partial charge in [0, 0.05) is 30.8 Å².